The Morgan fingerprint density at radius 1 is 0.803 bits per heavy atom. The van der Waals surface area contributed by atoms with E-state index in [1.165, 1.54) is 23.3 Å². The molecule has 0 aliphatic rings. The summed E-state index contributed by atoms with van der Waals surface area (Å²) < 4.78 is 24.5. The van der Waals surface area contributed by atoms with Crippen molar-refractivity contribution in [3.8, 4) is 39.5 Å². The Balaban J connectivity index is 0.000000226. The Labute approximate surface area is 375 Å². The summed E-state index contributed by atoms with van der Waals surface area (Å²) in [6, 6.07) is 44.5. The van der Waals surface area contributed by atoms with Crippen molar-refractivity contribution >= 4 is 50.6 Å². The molecule has 0 aliphatic heterocycles. The number of fused-ring (bicyclic) bond motifs is 4. The first-order chi connectivity index (χ1) is 28.7. The Morgan fingerprint density at radius 2 is 1.57 bits per heavy atom. The molecule has 0 amide bonds. The predicted octanol–water partition coefficient (Wildman–Crippen LogP) is 13.5. The van der Waals surface area contributed by atoms with Crippen molar-refractivity contribution in [2.24, 2.45) is 5.92 Å². The van der Waals surface area contributed by atoms with Crippen LogP contribution in [0.25, 0.3) is 72.4 Å². The Hall–Kier alpha value is -5.21. The van der Waals surface area contributed by atoms with Gasteiger partial charge in [-0.3, -0.25) is 9.97 Å². The van der Waals surface area contributed by atoms with Crippen LogP contribution >= 0.6 is 0 Å². The molecule has 5 nitrogen and oxygen atoms in total. The molecule has 0 unspecified atom stereocenters. The molecule has 8 heteroatoms. The first kappa shape index (κ1) is 43.9. The molecule has 4 aromatic heterocycles. The van der Waals surface area contributed by atoms with Crippen molar-refractivity contribution in [3.05, 3.63) is 162 Å². The van der Waals surface area contributed by atoms with Gasteiger partial charge in [0.1, 0.15) is 11.4 Å². The Morgan fingerprint density at radius 3 is 2.28 bits per heavy atom. The van der Waals surface area contributed by atoms with Crippen molar-refractivity contribution < 1.29 is 28.9 Å². The molecule has 0 N–H and O–H groups in total. The number of furan rings is 1. The van der Waals surface area contributed by atoms with Crippen molar-refractivity contribution in [3.63, 3.8) is 0 Å². The maximum absolute atomic E-state index is 14.5. The van der Waals surface area contributed by atoms with Crippen molar-refractivity contribution in [1.29, 1.82) is 0 Å². The van der Waals surface area contributed by atoms with Gasteiger partial charge in [0, 0.05) is 60.8 Å². The van der Waals surface area contributed by atoms with E-state index in [0.717, 1.165) is 62.1 Å². The number of nitrogens with zero attached hydrogens (tertiary/aromatic N) is 4. The predicted molar refractivity (Wildman–Crippen MR) is 249 cm³/mol. The minimum Gasteiger partial charge on any atom is -0.500 e. The molecule has 0 saturated heterocycles. The quantitative estimate of drug-likeness (QED) is 0.118. The number of aromatic nitrogens is 4. The van der Waals surface area contributed by atoms with Crippen molar-refractivity contribution in [2.75, 3.05) is 0 Å². The van der Waals surface area contributed by atoms with Crippen molar-refractivity contribution in [1.82, 2.24) is 19.5 Å². The largest absolute Gasteiger partial charge is 0.500 e. The smallest absolute Gasteiger partial charge is 0.125 e. The number of benzene rings is 5. The zero-order chi connectivity index (χ0) is 42.3. The van der Waals surface area contributed by atoms with Gasteiger partial charge in [0.2, 0.25) is 0 Å². The average molecular weight is 1040 g/mol. The third-order valence-corrected chi connectivity index (χ3v) is 15.2. The summed E-state index contributed by atoms with van der Waals surface area (Å²) in [5.74, 6) is 8.30. The Bertz CT molecular complexity index is 2980. The fraction of sp³-hybridized carbons (Fsp3) is 0.226. The van der Waals surface area contributed by atoms with E-state index in [-0.39, 0.29) is 31.3 Å². The maximum atomic E-state index is 14.5. The molecule has 0 fully saturated rings. The van der Waals surface area contributed by atoms with Crippen LogP contribution in [0.5, 0.6) is 0 Å². The van der Waals surface area contributed by atoms with Crippen LogP contribution in [0.15, 0.2) is 132 Å². The van der Waals surface area contributed by atoms with Crippen LogP contribution in [-0.4, -0.2) is 32.8 Å². The van der Waals surface area contributed by atoms with Gasteiger partial charge in [0.05, 0.1) is 22.4 Å². The van der Waals surface area contributed by atoms with Crippen LogP contribution in [0.3, 0.4) is 0 Å². The summed E-state index contributed by atoms with van der Waals surface area (Å²) in [6.45, 7) is 13.2. The molecule has 0 spiro atoms. The van der Waals surface area contributed by atoms with E-state index in [1.807, 2.05) is 67.7 Å². The van der Waals surface area contributed by atoms with Gasteiger partial charge in [0.25, 0.3) is 0 Å². The number of pyridine rings is 2. The Kier molecular flexibility index (Phi) is 12.7. The zero-order valence-corrected chi connectivity index (χ0v) is 40.8. The summed E-state index contributed by atoms with van der Waals surface area (Å²) in [5, 5.41) is 1.87. The standard InChI is InChI=1S/C35H27FN3O.C18H24GeN.Ir/c1-21-17-32-28(20-37-21)25-11-8-12-26(33(25)40-32)34-38-29-19-24(36)14-16-31(29)39(34)30-15-13-23(35(2,3)4)18-27(30)22-9-6-5-7-10-22;1-14(2)11-16-12-18(15-9-7-6-8-10-15)20-13-17(16)19(3,4)5;/h5-11,13-20H,1-4H3;6-9,12-14H,11H2,1-5H3;/q2*-1;. The van der Waals surface area contributed by atoms with Crippen LogP contribution in [0.4, 0.5) is 4.39 Å². The molecule has 0 aliphatic carbocycles. The molecule has 0 saturated carbocycles. The molecular weight excluding hydrogens is 992 g/mol. The number of aryl methyl sites for hydroxylation is 1. The van der Waals surface area contributed by atoms with Gasteiger partial charge in [-0.25, -0.2) is 4.39 Å². The summed E-state index contributed by atoms with van der Waals surface area (Å²) in [5.41, 5.74) is 12.3. The van der Waals surface area contributed by atoms with Gasteiger partial charge < -0.3 is 8.98 Å². The molecule has 1 radical (unpaired) electrons. The van der Waals surface area contributed by atoms with E-state index in [2.05, 4.69) is 122 Å². The zero-order valence-electron chi connectivity index (χ0n) is 36.3. The van der Waals surface area contributed by atoms with E-state index in [1.54, 1.807) is 10.5 Å². The van der Waals surface area contributed by atoms with Gasteiger partial charge in [-0.2, -0.15) is 0 Å². The van der Waals surface area contributed by atoms with E-state index >= 15 is 0 Å². The normalized spacial score (nSPS) is 11.9. The van der Waals surface area contributed by atoms with Crippen LogP contribution in [0.1, 0.15) is 51.4 Å². The van der Waals surface area contributed by atoms with E-state index in [9.17, 15) is 4.39 Å². The van der Waals surface area contributed by atoms with Crippen LogP contribution in [0, 0.1) is 30.8 Å². The SMILES string of the molecule is CC(C)Cc1cc(-c2[c-]cccc2)nc[c]1[Ge]([CH3])([CH3])[CH3].Cc1cc2oc3c(-c4nc5cc(F)ccc5n4-c4ccc(C(C)(C)C)cc4-c4ccccc4)[c-]ccc3c2cn1.[Ir]. The fourth-order valence-corrected chi connectivity index (χ4v) is 11.2. The maximum Gasteiger partial charge on any atom is 0.125 e. The molecule has 0 bridgehead atoms. The van der Waals surface area contributed by atoms with Gasteiger partial charge in [-0.05, 0) is 47.7 Å². The topological polar surface area (TPSA) is 56.7 Å². The number of hydrogen-bond donors (Lipinski definition) is 0. The minimum absolute atomic E-state index is 0. The molecule has 4 heterocycles. The molecule has 311 valence electrons. The van der Waals surface area contributed by atoms with E-state index in [0.29, 0.717) is 28.4 Å². The third-order valence-electron chi connectivity index (χ3n) is 10.9. The second-order valence-corrected chi connectivity index (χ2v) is 28.7. The fourth-order valence-electron chi connectivity index (χ4n) is 7.89. The van der Waals surface area contributed by atoms with Crippen LogP contribution in [-0.2, 0) is 31.9 Å². The van der Waals surface area contributed by atoms with Gasteiger partial charge in [0.15, 0.2) is 0 Å². The molecule has 0 atom stereocenters. The minimum atomic E-state index is -1.86. The van der Waals surface area contributed by atoms with Crippen LogP contribution < -0.4 is 4.40 Å². The average Bonchev–Trinajstić information content (AvgIpc) is 3.78. The summed E-state index contributed by atoms with van der Waals surface area (Å²) in [7, 11) is 0. The van der Waals surface area contributed by atoms with Crippen molar-refractivity contribution in [2.45, 2.75) is 70.6 Å². The monoisotopic (exact) mass is 1050 g/mol. The van der Waals surface area contributed by atoms with Gasteiger partial charge in [-0.1, -0.05) is 68.1 Å². The number of imidazole rings is 1. The molecular formula is C53H51FGeIrN4O-2. The second kappa shape index (κ2) is 17.6. The molecule has 61 heavy (non-hydrogen) atoms. The molecule has 9 aromatic rings. The number of halogens is 1. The summed E-state index contributed by atoms with van der Waals surface area (Å²) >= 11 is -1.86. The first-order valence-electron chi connectivity index (χ1n) is 20.7. The third kappa shape index (κ3) is 9.21. The van der Waals surface area contributed by atoms with E-state index < -0.39 is 13.3 Å². The van der Waals surface area contributed by atoms with Gasteiger partial charge in [-0.15, -0.1) is 18.2 Å². The molecule has 9 rings (SSSR count). The number of hydrogen-bond acceptors (Lipinski definition) is 4. The summed E-state index contributed by atoms with van der Waals surface area (Å²) in [6.07, 6.45) is 5.12. The number of rotatable bonds is 7. The molecule has 5 aromatic carbocycles. The summed E-state index contributed by atoms with van der Waals surface area (Å²) in [4.78, 5) is 14.2. The van der Waals surface area contributed by atoms with Crippen LogP contribution in [0.2, 0.25) is 17.3 Å². The van der Waals surface area contributed by atoms with E-state index in [4.69, 9.17) is 14.4 Å². The first-order valence-corrected chi connectivity index (χ1v) is 28.0. The second-order valence-electron chi connectivity index (χ2n) is 18.1. The van der Waals surface area contributed by atoms with Gasteiger partial charge >= 0.3 is 126 Å².